The number of aromatic nitrogens is 2. The number of fused-ring (bicyclic) bond motifs is 1. The van der Waals surface area contributed by atoms with Crippen LogP contribution in [0.25, 0.3) is 11.0 Å². The van der Waals surface area contributed by atoms with E-state index in [9.17, 15) is 5.11 Å². The Morgan fingerprint density at radius 2 is 2.00 bits per heavy atom. The first-order chi connectivity index (χ1) is 8.22. The predicted octanol–water partition coefficient (Wildman–Crippen LogP) is 2.89. The van der Waals surface area contributed by atoms with Crippen molar-refractivity contribution in [3.8, 4) is 0 Å². The second-order valence-corrected chi connectivity index (χ2v) is 5.10. The molecule has 1 aromatic heterocycles. The summed E-state index contributed by atoms with van der Waals surface area (Å²) in [6, 6.07) is 6.50. The molecule has 1 saturated carbocycles. The van der Waals surface area contributed by atoms with Crippen molar-refractivity contribution in [1.82, 2.24) is 9.97 Å². The van der Waals surface area contributed by atoms with Crippen molar-refractivity contribution in [2.24, 2.45) is 0 Å². The standard InChI is InChI=1S/C14H18N2O/c1-9-15-13-7-4-11(8-14(13)16-9)10-2-5-12(17)6-3-10/h4,7-8,10,12,17H,2-3,5-6H2,1H3,(H,15,16). The van der Waals surface area contributed by atoms with Gasteiger partial charge in [-0.3, -0.25) is 0 Å². The van der Waals surface area contributed by atoms with Crippen LogP contribution in [0.1, 0.15) is 43.0 Å². The Bertz CT molecular complexity index is 524. The first-order valence-electron chi connectivity index (χ1n) is 6.37. The summed E-state index contributed by atoms with van der Waals surface area (Å²) < 4.78 is 0. The van der Waals surface area contributed by atoms with Crippen LogP contribution in [-0.2, 0) is 0 Å². The molecule has 17 heavy (non-hydrogen) atoms. The molecule has 0 amide bonds. The molecule has 0 radical (unpaired) electrons. The molecule has 2 aromatic rings. The molecule has 0 unspecified atom stereocenters. The minimum absolute atomic E-state index is 0.0793. The maximum absolute atomic E-state index is 9.53. The molecule has 0 spiro atoms. The first-order valence-corrected chi connectivity index (χ1v) is 6.37. The molecule has 2 N–H and O–H groups in total. The predicted molar refractivity (Wildman–Crippen MR) is 68.0 cm³/mol. The van der Waals surface area contributed by atoms with E-state index in [0.717, 1.165) is 42.5 Å². The van der Waals surface area contributed by atoms with Crippen LogP contribution in [0.15, 0.2) is 18.2 Å². The van der Waals surface area contributed by atoms with E-state index in [2.05, 4.69) is 28.2 Å². The zero-order chi connectivity index (χ0) is 11.8. The summed E-state index contributed by atoms with van der Waals surface area (Å²) in [6.45, 7) is 1.98. The third-order valence-electron chi connectivity index (χ3n) is 3.79. The van der Waals surface area contributed by atoms with E-state index in [4.69, 9.17) is 0 Å². The average molecular weight is 230 g/mol. The van der Waals surface area contributed by atoms with Crippen molar-refractivity contribution >= 4 is 11.0 Å². The first kappa shape index (κ1) is 10.8. The van der Waals surface area contributed by atoms with E-state index in [1.807, 2.05) is 6.92 Å². The minimum Gasteiger partial charge on any atom is -0.393 e. The summed E-state index contributed by atoms with van der Waals surface area (Å²) in [7, 11) is 0. The van der Waals surface area contributed by atoms with Gasteiger partial charge in [0.25, 0.3) is 0 Å². The molecule has 1 aliphatic carbocycles. The van der Waals surface area contributed by atoms with Gasteiger partial charge in [-0.15, -0.1) is 0 Å². The summed E-state index contributed by atoms with van der Waals surface area (Å²) in [6.07, 6.45) is 3.99. The lowest BCUT2D eigenvalue weighted by molar-refractivity contribution is 0.122. The van der Waals surface area contributed by atoms with Crippen LogP contribution in [0.2, 0.25) is 0 Å². The minimum atomic E-state index is -0.0793. The summed E-state index contributed by atoms with van der Waals surface area (Å²) >= 11 is 0. The number of aliphatic hydroxyl groups excluding tert-OH is 1. The van der Waals surface area contributed by atoms with Crippen molar-refractivity contribution in [2.75, 3.05) is 0 Å². The number of hydrogen-bond acceptors (Lipinski definition) is 2. The van der Waals surface area contributed by atoms with Crippen LogP contribution < -0.4 is 0 Å². The van der Waals surface area contributed by atoms with Gasteiger partial charge < -0.3 is 10.1 Å². The third-order valence-corrected chi connectivity index (χ3v) is 3.79. The maximum Gasteiger partial charge on any atom is 0.104 e. The van der Waals surface area contributed by atoms with Crippen LogP contribution in [0.3, 0.4) is 0 Å². The lowest BCUT2D eigenvalue weighted by Crippen LogP contribution is -2.16. The quantitative estimate of drug-likeness (QED) is 0.791. The average Bonchev–Trinajstić information content (AvgIpc) is 2.69. The molecular formula is C14H18N2O. The number of hydrogen-bond donors (Lipinski definition) is 2. The number of benzene rings is 1. The molecule has 3 nitrogen and oxygen atoms in total. The summed E-state index contributed by atoms with van der Waals surface area (Å²) in [4.78, 5) is 7.70. The smallest absolute Gasteiger partial charge is 0.104 e. The van der Waals surface area contributed by atoms with Crippen LogP contribution >= 0.6 is 0 Å². The van der Waals surface area contributed by atoms with Gasteiger partial charge in [-0.2, -0.15) is 0 Å². The zero-order valence-corrected chi connectivity index (χ0v) is 10.1. The molecule has 0 bridgehead atoms. The van der Waals surface area contributed by atoms with Gasteiger partial charge in [0, 0.05) is 0 Å². The Kier molecular flexibility index (Phi) is 2.63. The highest BCUT2D eigenvalue weighted by molar-refractivity contribution is 5.76. The molecule has 90 valence electrons. The van der Waals surface area contributed by atoms with E-state index in [-0.39, 0.29) is 6.10 Å². The fraction of sp³-hybridized carbons (Fsp3) is 0.500. The number of H-pyrrole nitrogens is 1. The van der Waals surface area contributed by atoms with Gasteiger partial charge in [0.15, 0.2) is 0 Å². The highest BCUT2D eigenvalue weighted by atomic mass is 16.3. The number of nitrogens with one attached hydrogen (secondary N) is 1. The van der Waals surface area contributed by atoms with Gasteiger partial charge in [-0.25, -0.2) is 4.98 Å². The van der Waals surface area contributed by atoms with Gasteiger partial charge in [0.1, 0.15) is 5.82 Å². The van der Waals surface area contributed by atoms with E-state index < -0.39 is 0 Å². The normalized spacial score (nSPS) is 25.3. The van der Waals surface area contributed by atoms with Crippen molar-refractivity contribution in [1.29, 1.82) is 0 Å². The lowest BCUT2D eigenvalue weighted by Gasteiger charge is -2.25. The van der Waals surface area contributed by atoms with Gasteiger partial charge in [-0.05, 0) is 56.2 Å². The molecule has 3 rings (SSSR count). The SMILES string of the molecule is Cc1nc2ccc(C3CCC(O)CC3)cc2[nH]1. The van der Waals surface area contributed by atoms with Crippen LogP contribution in [0.4, 0.5) is 0 Å². The van der Waals surface area contributed by atoms with Gasteiger partial charge >= 0.3 is 0 Å². The Labute approximate surface area is 101 Å². The third kappa shape index (κ3) is 2.07. The Morgan fingerprint density at radius 3 is 2.76 bits per heavy atom. The topological polar surface area (TPSA) is 48.9 Å². The summed E-state index contributed by atoms with van der Waals surface area (Å²) in [5.41, 5.74) is 3.56. The number of imidazole rings is 1. The molecule has 0 aliphatic heterocycles. The maximum atomic E-state index is 9.53. The second-order valence-electron chi connectivity index (χ2n) is 5.10. The van der Waals surface area contributed by atoms with E-state index >= 15 is 0 Å². The monoisotopic (exact) mass is 230 g/mol. The number of aliphatic hydroxyl groups is 1. The summed E-state index contributed by atoms with van der Waals surface area (Å²) in [5, 5.41) is 9.53. The van der Waals surface area contributed by atoms with Crippen LogP contribution in [0.5, 0.6) is 0 Å². The van der Waals surface area contributed by atoms with Gasteiger partial charge in [0.2, 0.25) is 0 Å². The van der Waals surface area contributed by atoms with Crippen molar-refractivity contribution < 1.29 is 5.11 Å². The summed E-state index contributed by atoms with van der Waals surface area (Å²) in [5.74, 6) is 1.57. The van der Waals surface area contributed by atoms with Crippen molar-refractivity contribution in [3.05, 3.63) is 29.6 Å². The lowest BCUT2D eigenvalue weighted by atomic mass is 9.83. The molecule has 1 aliphatic rings. The highest BCUT2D eigenvalue weighted by Gasteiger charge is 2.21. The molecule has 3 heteroatoms. The fourth-order valence-electron chi connectivity index (χ4n) is 2.82. The van der Waals surface area contributed by atoms with Crippen molar-refractivity contribution in [2.45, 2.75) is 44.6 Å². The number of rotatable bonds is 1. The number of aromatic amines is 1. The van der Waals surface area contributed by atoms with Crippen LogP contribution in [0, 0.1) is 6.92 Å². The zero-order valence-electron chi connectivity index (χ0n) is 10.1. The fourth-order valence-corrected chi connectivity index (χ4v) is 2.82. The Morgan fingerprint density at radius 1 is 1.24 bits per heavy atom. The second kappa shape index (κ2) is 4.15. The van der Waals surface area contributed by atoms with Crippen LogP contribution in [-0.4, -0.2) is 21.2 Å². The van der Waals surface area contributed by atoms with Gasteiger partial charge in [0.05, 0.1) is 17.1 Å². The van der Waals surface area contributed by atoms with E-state index in [1.54, 1.807) is 0 Å². The molecule has 1 aromatic carbocycles. The number of nitrogens with zero attached hydrogens (tertiary/aromatic N) is 1. The highest BCUT2D eigenvalue weighted by Crippen LogP contribution is 2.33. The Balaban J connectivity index is 1.89. The Hall–Kier alpha value is -1.35. The molecular weight excluding hydrogens is 212 g/mol. The van der Waals surface area contributed by atoms with E-state index in [1.165, 1.54) is 5.56 Å². The molecule has 0 saturated heterocycles. The molecule has 1 heterocycles. The molecule has 1 fully saturated rings. The largest absolute Gasteiger partial charge is 0.393 e. The van der Waals surface area contributed by atoms with Crippen molar-refractivity contribution in [3.63, 3.8) is 0 Å². The van der Waals surface area contributed by atoms with Gasteiger partial charge in [-0.1, -0.05) is 6.07 Å². The number of aryl methyl sites for hydroxylation is 1. The molecule has 0 atom stereocenters. The van der Waals surface area contributed by atoms with E-state index in [0.29, 0.717) is 5.92 Å².